The topological polar surface area (TPSA) is 42.7 Å². The maximum Gasteiger partial charge on any atom is 0.131 e. The minimum atomic E-state index is 0.0428. The molecule has 0 saturated carbocycles. The van der Waals surface area contributed by atoms with E-state index in [2.05, 4.69) is 28.3 Å². The van der Waals surface area contributed by atoms with Gasteiger partial charge in [-0.3, -0.25) is 4.98 Å². The molecular formula is C12H16N4. The van der Waals surface area contributed by atoms with Gasteiger partial charge in [0.25, 0.3) is 0 Å². The summed E-state index contributed by atoms with van der Waals surface area (Å²) in [7, 11) is 3.92. The normalized spacial score (nSPS) is 12.7. The molecule has 1 N–H and O–H groups in total. The smallest absolute Gasteiger partial charge is 0.131 e. The number of pyridine rings is 1. The summed E-state index contributed by atoms with van der Waals surface area (Å²) in [5.41, 5.74) is 2.20. The van der Waals surface area contributed by atoms with Crippen LogP contribution in [0.3, 0.4) is 0 Å². The Balaban J connectivity index is 2.45. The fourth-order valence-corrected chi connectivity index (χ4v) is 1.84. The average molecular weight is 216 g/mol. The summed E-state index contributed by atoms with van der Waals surface area (Å²) >= 11 is 0. The van der Waals surface area contributed by atoms with Crippen LogP contribution in [0.4, 0.5) is 0 Å². The second-order valence-electron chi connectivity index (χ2n) is 3.82. The first-order valence-corrected chi connectivity index (χ1v) is 5.30. The summed E-state index contributed by atoms with van der Waals surface area (Å²) in [4.78, 5) is 8.80. The predicted octanol–water partition coefficient (Wildman–Crippen LogP) is 1.43. The van der Waals surface area contributed by atoms with Crippen molar-refractivity contribution in [3.05, 3.63) is 47.8 Å². The van der Waals surface area contributed by atoms with Crippen LogP contribution in [0, 0.1) is 6.92 Å². The van der Waals surface area contributed by atoms with E-state index in [9.17, 15) is 0 Å². The van der Waals surface area contributed by atoms with Gasteiger partial charge in [-0.2, -0.15) is 0 Å². The van der Waals surface area contributed by atoms with Crippen LogP contribution in [0.2, 0.25) is 0 Å². The Kier molecular flexibility index (Phi) is 3.01. The first-order chi connectivity index (χ1) is 7.74. The predicted molar refractivity (Wildman–Crippen MR) is 63.1 cm³/mol. The van der Waals surface area contributed by atoms with Crippen molar-refractivity contribution in [3.8, 4) is 0 Å². The zero-order valence-corrected chi connectivity index (χ0v) is 9.81. The monoisotopic (exact) mass is 216 g/mol. The van der Waals surface area contributed by atoms with E-state index in [0.29, 0.717) is 0 Å². The Hall–Kier alpha value is -1.68. The van der Waals surface area contributed by atoms with Gasteiger partial charge in [0, 0.05) is 25.6 Å². The zero-order valence-electron chi connectivity index (χ0n) is 9.81. The van der Waals surface area contributed by atoms with Crippen molar-refractivity contribution in [3.63, 3.8) is 0 Å². The van der Waals surface area contributed by atoms with Crippen molar-refractivity contribution in [2.75, 3.05) is 7.05 Å². The summed E-state index contributed by atoms with van der Waals surface area (Å²) in [6, 6.07) is 4.06. The van der Waals surface area contributed by atoms with Gasteiger partial charge in [0.05, 0.1) is 5.69 Å². The highest BCUT2D eigenvalue weighted by molar-refractivity contribution is 5.26. The Morgan fingerprint density at radius 2 is 2.12 bits per heavy atom. The fraction of sp³-hybridized carbons (Fsp3) is 0.333. The summed E-state index contributed by atoms with van der Waals surface area (Å²) in [5, 5.41) is 3.26. The maximum atomic E-state index is 4.43. The Bertz CT molecular complexity index is 475. The van der Waals surface area contributed by atoms with E-state index >= 15 is 0 Å². The highest BCUT2D eigenvalue weighted by Gasteiger charge is 2.18. The van der Waals surface area contributed by atoms with E-state index in [-0.39, 0.29) is 6.04 Å². The van der Waals surface area contributed by atoms with Crippen molar-refractivity contribution in [2.24, 2.45) is 7.05 Å². The van der Waals surface area contributed by atoms with Gasteiger partial charge in [-0.15, -0.1) is 0 Å². The lowest BCUT2D eigenvalue weighted by Crippen LogP contribution is -2.23. The Morgan fingerprint density at radius 3 is 2.69 bits per heavy atom. The van der Waals surface area contributed by atoms with Crippen LogP contribution in [0.25, 0.3) is 0 Å². The number of nitrogens with zero attached hydrogens (tertiary/aromatic N) is 3. The molecule has 2 aromatic rings. The van der Waals surface area contributed by atoms with E-state index in [1.54, 1.807) is 6.20 Å². The van der Waals surface area contributed by atoms with E-state index in [1.807, 2.05) is 37.1 Å². The molecule has 0 aromatic carbocycles. The first-order valence-electron chi connectivity index (χ1n) is 5.30. The van der Waals surface area contributed by atoms with E-state index < -0.39 is 0 Å². The van der Waals surface area contributed by atoms with Gasteiger partial charge < -0.3 is 9.88 Å². The van der Waals surface area contributed by atoms with Gasteiger partial charge in [-0.25, -0.2) is 4.98 Å². The van der Waals surface area contributed by atoms with Crippen LogP contribution in [0.5, 0.6) is 0 Å². The van der Waals surface area contributed by atoms with E-state index in [0.717, 1.165) is 11.5 Å². The Labute approximate surface area is 95.4 Å². The SMILES string of the molecule is CNC(c1ncccc1C)c1nccn1C. The van der Waals surface area contributed by atoms with Gasteiger partial charge in [0.1, 0.15) is 11.9 Å². The number of nitrogens with one attached hydrogen (secondary N) is 1. The molecule has 0 saturated heterocycles. The van der Waals surface area contributed by atoms with Gasteiger partial charge >= 0.3 is 0 Å². The van der Waals surface area contributed by atoms with Crippen molar-refractivity contribution < 1.29 is 0 Å². The highest BCUT2D eigenvalue weighted by atomic mass is 15.1. The van der Waals surface area contributed by atoms with E-state index in [4.69, 9.17) is 0 Å². The molecule has 0 amide bonds. The van der Waals surface area contributed by atoms with Gasteiger partial charge in [0.2, 0.25) is 0 Å². The summed E-state index contributed by atoms with van der Waals surface area (Å²) in [6.45, 7) is 2.07. The van der Waals surface area contributed by atoms with Crippen molar-refractivity contribution in [1.82, 2.24) is 19.9 Å². The third kappa shape index (κ3) is 1.84. The third-order valence-electron chi connectivity index (χ3n) is 2.73. The molecule has 0 radical (unpaired) electrons. The van der Waals surface area contributed by atoms with Crippen LogP contribution in [0.1, 0.15) is 23.1 Å². The number of aryl methyl sites for hydroxylation is 2. The average Bonchev–Trinajstić information content (AvgIpc) is 2.69. The van der Waals surface area contributed by atoms with Crippen LogP contribution in [0.15, 0.2) is 30.7 Å². The molecular weight excluding hydrogens is 200 g/mol. The van der Waals surface area contributed by atoms with Crippen molar-refractivity contribution in [2.45, 2.75) is 13.0 Å². The molecule has 4 nitrogen and oxygen atoms in total. The second kappa shape index (κ2) is 4.45. The molecule has 0 bridgehead atoms. The summed E-state index contributed by atoms with van der Waals surface area (Å²) in [6.07, 6.45) is 5.56. The molecule has 0 aliphatic rings. The van der Waals surface area contributed by atoms with Crippen LogP contribution < -0.4 is 5.32 Å². The lowest BCUT2D eigenvalue weighted by molar-refractivity contribution is 0.599. The molecule has 84 valence electrons. The molecule has 0 fully saturated rings. The molecule has 0 aliphatic carbocycles. The number of aromatic nitrogens is 3. The molecule has 2 heterocycles. The molecule has 0 aliphatic heterocycles. The lowest BCUT2D eigenvalue weighted by atomic mass is 10.1. The summed E-state index contributed by atoms with van der Waals surface area (Å²) < 4.78 is 2.01. The summed E-state index contributed by atoms with van der Waals surface area (Å²) in [5.74, 6) is 0.976. The van der Waals surface area contributed by atoms with Crippen LogP contribution in [-0.2, 0) is 7.05 Å². The quantitative estimate of drug-likeness (QED) is 0.844. The van der Waals surface area contributed by atoms with Crippen LogP contribution in [-0.4, -0.2) is 21.6 Å². The first kappa shape index (κ1) is 10.8. The van der Waals surface area contributed by atoms with Gasteiger partial charge in [-0.05, 0) is 25.6 Å². The number of hydrogen-bond acceptors (Lipinski definition) is 3. The molecule has 4 heteroatoms. The molecule has 2 aromatic heterocycles. The van der Waals surface area contributed by atoms with E-state index in [1.165, 1.54) is 5.56 Å². The number of imidazole rings is 1. The lowest BCUT2D eigenvalue weighted by Gasteiger charge is -2.17. The van der Waals surface area contributed by atoms with Crippen LogP contribution >= 0.6 is 0 Å². The zero-order chi connectivity index (χ0) is 11.5. The van der Waals surface area contributed by atoms with Gasteiger partial charge in [0.15, 0.2) is 0 Å². The molecule has 16 heavy (non-hydrogen) atoms. The molecule has 2 rings (SSSR count). The van der Waals surface area contributed by atoms with Gasteiger partial charge in [-0.1, -0.05) is 6.07 Å². The highest BCUT2D eigenvalue weighted by Crippen LogP contribution is 2.20. The molecule has 1 atom stereocenters. The molecule has 0 spiro atoms. The standard InChI is InChI=1S/C12H16N4/c1-9-5-4-6-14-10(9)11(13-2)12-15-7-8-16(12)3/h4-8,11,13H,1-3H3. The van der Waals surface area contributed by atoms with Crippen molar-refractivity contribution in [1.29, 1.82) is 0 Å². The second-order valence-corrected chi connectivity index (χ2v) is 3.82. The maximum absolute atomic E-state index is 4.43. The minimum Gasteiger partial charge on any atom is -0.336 e. The number of rotatable bonds is 3. The Morgan fingerprint density at radius 1 is 1.31 bits per heavy atom. The van der Waals surface area contributed by atoms with Crippen molar-refractivity contribution >= 4 is 0 Å². The largest absolute Gasteiger partial charge is 0.336 e. The minimum absolute atomic E-state index is 0.0428. The number of hydrogen-bond donors (Lipinski definition) is 1. The fourth-order valence-electron chi connectivity index (χ4n) is 1.84. The molecule has 1 unspecified atom stereocenters. The third-order valence-corrected chi connectivity index (χ3v) is 2.73.